The van der Waals surface area contributed by atoms with Gasteiger partial charge >= 0.3 is 12.1 Å². The molecule has 0 aromatic heterocycles. The second-order valence-electron chi connectivity index (χ2n) is 2.89. The summed E-state index contributed by atoms with van der Waals surface area (Å²) in [5.41, 5.74) is 0. The minimum absolute atomic E-state index is 0.0315. The van der Waals surface area contributed by atoms with Crippen molar-refractivity contribution in [3.05, 3.63) is 0 Å². The van der Waals surface area contributed by atoms with E-state index in [2.05, 4.69) is 0 Å². The van der Waals surface area contributed by atoms with Crippen molar-refractivity contribution in [3.8, 4) is 0 Å². The summed E-state index contributed by atoms with van der Waals surface area (Å²) in [4.78, 5) is 10.3. The lowest BCUT2D eigenvalue weighted by Gasteiger charge is -2.07. The van der Waals surface area contributed by atoms with Crippen LogP contribution in [0, 0.1) is 0 Å². The number of hydrogen-bond donors (Lipinski definition) is 2. The first-order valence-corrected chi connectivity index (χ1v) is 4.44. The smallest absolute Gasteiger partial charge is 0.396 e. The molecule has 0 unspecified atom stereocenters. The topological polar surface area (TPSA) is 49.3 Å². The van der Waals surface area contributed by atoms with Gasteiger partial charge in [-0.15, -0.1) is 0 Å². The van der Waals surface area contributed by atoms with Crippen molar-refractivity contribution in [1.29, 1.82) is 0 Å². The van der Waals surface area contributed by atoms with Crippen LogP contribution in [0.25, 0.3) is 0 Å². The summed E-state index contributed by atoms with van der Waals surface area (Å²) in [6.45, 7) is 0.124. The molecule has 0 atom stereocenters. The van der Waals surface area contributed by atoms with E-state index in [1.807, 2.05) is 0 Å². The summed E-state index contributed by atoms with van der Waals surface area (Å²) in [7, 11) is 0. The molecule has 0 aromatic carbocycles. The number of aliphatic hydroxyl groups is 1. The van der Waals surface area contributed by atoms with E-state index in [9.17, 15) is 18.0 Å². The highest BCUT2D eigenvalue weighted by molar-refractivity contribution is 5.81. The van der Waals surface area contributed by atoms with Crippen LogP contribution in [0.4, 0.5) is 13.2 Å². The summed E-state index contributed by atoms with van der Waals surface area (Å²) in [6.07, 6.45) is -2.17. The van der Waals surface area contributed by atoms with Crippen molar-refractivity contribution in [3.63, 3.8) is 0 Å². The van der Waals surface area contributed by atoms with Crippen LogP contribution in [0.5, 0.6) is 0 Å². The fourth-order valence-electron chi connectivity index (χ4n) is 0.892. The number of carbonyl (C=O) groups is 1. The first-order valence-electron chi connectivity index (χ1n) is 4.44. The normalized spacial score (nSPS) is 11.4. The lowest BCUT2D eigenvalue weighted by Crippen LogP contribution is -2.37. The Bertz CT molecular complexity index is 170. The van der Waals surface area contributed by atoms with Crippen molar-refractivity contribution < 1.29 is 23.1 Å². The van der Waals surface area contributed by atoms with Crippen molar-refractivity contribution >= 4 is 5.91 Å². The Labute approximate surface area is 80.3 Å². The number of nitrogens with one attached hydrogen (secondary N) is 1. The molecule has 0 aliphatic rings. The summed E-state index contributed by atoms with van der Waals surface area (Å²) < 4.78 is 34.9. The van der Waals surface area contributed by atoms with Gasteiger partial charge in [0, 0.05) is 13.2 Å². The van der Waals surface area contributed by atoms with Gasteiger partial charge in [0.15, 0.2) is 0 Å². The molecular weight excluding hydrogens is 199 g/mol. The van der Waals surface area contributed by atoms with Gasteiger partial charge in [0.2, 0.25) is 0 Å². The number of carbonyl (C=O) groups excluding carboxylic acids is 1. The van der Waals surface area contributed by atoms with Crippen LogP contribution >= 0.6 is 0 Å². The van der Waals surface area contributed by atoms with Crippen LogP contribution < -0.4 is 5.32 Å². The summed E-state index contributed by atoms with van der Waals surface area (Å²) in [6, 6.07) is 0. The predicted molar refractivity (Wildman–Crippen MR) is 44.6 cm³/mol. The van der Waals surface area contributed by atoms with Gasteiger partial charge in [-0.2, -0.15) is 13.2 Å². The average molecular weight is 213 g/mol. The van der Waals surface area contributed by atoms with Gasteiger partial charge < -0.3 is 10.4 Å². The minimum Gasteiger partial charge on any atom is -0.396 e. The quantitative estimate of drug-likeness (QED) is 0.652. The maximum atomic E-state index is 11.6. The van der Waals surface area contributed by atoms with E-state index >= 15 is 0 Å². The summed E-state index contributed by atoms with van der Waals surface area (Å²) >= 11 is 0. The predicted octanol–water partition coefficient (Wildman–Crippen LogP) is 1.22. The molecule has 14 heavy (non-hydrogen) atoms. The molecule has 2 N–H and O–H groups in total. The largest absolute Gasteiger partial charge is 0.471 e. The van der Waals surface area contributed by atoms with E-state index in [0.29, 0.717) is 19.3 Å². The number of unbranched alkanes of at least 4 members (excludes halogenated alkanes) is 3. The van der Waals surface area contributed by atoms with E-state index < -0.39 is 12.1 Å². The Balaban J connectivity index is 3.33. The molecule has 0 radical (unpaired) electrons. The number of amides is 1. The lowest BCUT2D eigenvalue weighted by molar-refractivity contribution is -0.173. The van der Waals surface area contributed by atoms with E-state index in [1.54, 1.807) is 5.32 Å². The molecule has 84 valence electrons. The zero-order valence-electron chi connectivity index (χ0n) is 7.73. The third-order valence-electron chi connectivity index (χ3n) is 1.63. The van der Waals surface area contributed by atoms with E-state index in [4.69, 9.17) is 5.11 Å². The molecule has 0 spiro atoms. The maximum Gasteiger partial charge on any atom is 0.471 e. The standard InChI is InChI=1S/C8H14F3NO2/c9-8(10,11)7(14)12-5-3-1-2-4-6-13/h13H,1-6H2,(H,12,14). The van der Waals surface area contributed by atoms with Crippen LogP contribution in [0.3, 0.4) is 0 Å². The lowest BCUT2D eigenvalue weighted by atomic mass is 10.2. The van der Waals surface area contributed by atoms with E-state index in [-0.39, 0.29) is 13.2 Å². The van der Waals surface area contributed by atoms with Gasteiger partial charge in [-0.3, -0.25) is 4.79 Å². The Morgan fingerprint density at radius 2 is 1.71 bits per heavy atom. The number of halogens is 3. The SMILES string of the molecule is O=C(NCCCCCCO)C(F)(F)F. The van der Waals surface area contributed by atoms with Gasteiger partial charge in [-0.1, -0.05) is 12.8 Å². The van der Waals surface area contributed by atoms with Crippen molar-refractivity contribution in [2.75, 3.05) is 13.2 Å². The fourth-order valence-corrected chi connectivity index (χ4v) is 0.892. The van der Waals surface area contributed by atoms with Crippen LogP contribution in [-0.2, 0) is 4.79 Å². The highest BCUT2D eigenvalue weighted by Crippen LogP contribution is 2.13. The third-order valence-corrected chi connectivity index (χ3v) is 1.63. The first kappa shape index (κ1) is 13.2. The molecule has 0 aromatic rings. The Hall–Kier alpha value is -0.780. The molecule has 0 saturated heterocycles. The zero-order valence-corrected chi connectivity index (χ0v) is 7.73. The second kappa shape index (κ2) is 6.64. The Morgan fingerprint density at radius 1 is 1.14 bits per heavy atom. The van der Waals surface area contributed by atoms with Gasteiger partial charge in [-0.25, -0.2) is 0 Å². The number of hydrogen-bond acceptors (Lipinski definition) is 2. The molecule has 0 fully saturated rings. The molecule has 0 aliphatic carbocycles. The van der Waals surface area contributed by atoms with Gasteiger partial charge in [0.05, 0.1) is 0 Å². The molecule has 0 heterocycles. The molecule has 0 saturated carbocycles. The number of rotatable bonds is 6. The van der Waals surface area contributed by atoms with Crippen molar-refractivity contribution in [2.45, 2.75) is 31.9 Å². The van der Waals surface area contributed by atoms with Crippen molar-refractivity contribution in [2.24, 2.45) is 0 Å². The minimum atomic E-state index is -4.79. The Morgan fingerprint density at radius 3 is 2.21 bits per heavy atom. The Kier molecular flexibility index (Phi) is 6.27. The summed E-state index contributed by atoms with van der Waals surface area (Å²) in [5, 5.41) is 10.2. The van der Waals surface area contributed by atoms with E-state index in [1.165, 1.54) is 0 Å². The molecule has 3 nitrogen and oxygen atoms in total. The molecular formula is C8H14F3NO2. The van der Waals surface area contributed by atoms with Gasteiger partial charge in [0.1, 0.15) is 0 Å². The number of aliphatic hydroxyl groups excluding tert-OH is 1. The van der Waals surface area contributed by atoms with Crippen LogP contribution in [0.1, 0.15) is 25.7 Å². The monoisotopic (exact) mass is 213 g/mol. The molecule has 0 bridgehead atoms. The molecule has 0 rings (SSSR count). The maximum absolute atomic E-state index is 11.6. The molecule has 1 amide bonds. The first-order chi connectivity index (χ1) is 6.48. The van der Waals surface area contributed by atoms with Crippen LogP contribution in [0.2, 0.25) is 0 Å². The highest BCUT2D eigenvalue weighted by atomic mass is 19.4. The zero-order chi connectivity index (χ0) is 11.0. The number of alkyl halides is 3. The fraction of sp³-hybridized carbons (Fsp3) is 0.875. The van der Waals surface area contributed by atoms with E-state index in [0.717, 1.165) is 6.42 Å². The molecule has 6 heteroatoms. The third kappa shape index (κ3) is 6.71. The van der Waals surface area contributed by atoms with Gasteiger partial charge in [-0.05, 0) is 12.8 Å². The van der Waals surface area contributed by atoms with Crippen LogP contribution in [0.15, 0.2) is 0 Å². The summed E-state index contributed by atoms with van der Waals surface area (Å²) in [5.74, 6) is -1.89. The average Bonchev–Trinajstić information content (AvgIpc) is 2.09. The highest BCUT2D eigenvalue weighted by Gasteiger charge is 2.37. The molecule has 0 aliphatic heterocycles. The second-order valence-corrected chi connectivity index (χ2v) is 2.89. The van der Waals surface area contributed by atoms with Crippen molar-refractivity contribution in [1.82, 2.24) is 5.32 Å². The van der Waals surface area contributed by atoms with Gasteiger partial charge in [0.25, 0.3) is 0 Å². The van der Waals surface area contributed by atoms with Crippen LogP contribution in [-0.4, -0.2) is 30.3 Å².